The zero-order valence-corrected chi connectivity index (χ0v) is 8.61. The van der Waals surface area contributed by atoms with Crippen molar-refractivity contribution in [2.75, 3.05) is 6.54 Å². The Bertz CT molecular complexity index is 306. The van der Waals surface area contributed by atoms with Crippen LogP contribution in [0.3, 0.4) is 0 Å². The van der Waals surface area contributed by atoms with Crippen molar-refractivity contribution in [1.29, 1.82) is 0 Å². The smallest absolute Gasteiger partial charge is 0.237 e. The summed E-state index contributed by atoms with van der Waals surface area (Å²) in [4.78, 5) is 11.3. The molecule has 1 aromatic rings. The summed E-state index contributed by atoms with van der Waals surface area (Å²) in [6, 6.07) is 3.19. The standard InChI is InChI=1S/C11H16N2O2/c1-2-4-10(12)11(14)13-7-6-9-5-3-8-15-9/h2-3,5,8,10H,1,4,6-7,12H2,(H,13,14). The summed E-state index contributed by atoms with van der Waals surface area (Å²) < 4.78 is 5.12. The molecular weight excluding hydrogens is 192 g/mol. The third kappa shape index (κ3) is 3.99. The fourth-order valence-corrected chi connectivity index (χ4v) is 1.18. The van der Waals surface area contributed by atoms with Gasteiger partial charge in [0.05, 0.1) is 12.3 Å². The molecule has 1 aromatic heterocycles. The van der Waals surface area contributed by atoms with Crippen molar-refractivity contribution in [3.8, 4) is 0 Å². The lowest BCUT2D eigenvalue weighted by molar-refractivity contribution is -0.122. The molecule has 0 bridgehead atoms. The number of amides is 1. The minimum atomic E-state index is -0.501. The van der Waals surface area contributed by atoms with E-state index >= 15 is 0 Å². The van der Waals surface area contributed by atoms with E-state index in [0.29, 0.717) is 19.4 Å². The van der Waals surface area contributed by atoms with Crippen molar-refractivity contribution in [3.05, 3.63) is 36.8 Å². The largest absolute Gasteiger partial charge is 0.469 e. The molecule has 4 heteroatoms. The zero-order valence-electron chi connectivity index (χ0n) is 8.61. The SMILES string of the molecule is C=CCC(N)C(=O)NCCc1ccco1. The maximum absolute atomic E-state index is 11.3. The Morgan fingerprint density at radius 1 is 1.73 bits per heavy atom. The molecule has 1 amide bonds. The average molecular weight is 208 g/mol. The van der Waals surface area contributed by atoms with Crippen molar-refractivity contribution >= 4 is 5.91 Å². The van der Waals surface area contributed by atoms with E-state index in [2.05, 4.69) is 11.9 Å². The number of nitrogens with two attached hydrogens (primary N) is 1. The van der Waals surface area contributed by atoms with Gasteiger partial charge in [-0.1, -0.05) is 6.08 Å². The lowest BCUT2D eigenvalue weighted by Gasteiger charge is -2.09. The quantitative estimate of drug-likeness (QED) is 0.681. The van der Waals surface area contributed by atoms with Gasteiger partial charge in [-0.3, -0.25) is 4.79 Å². The monoisotopic (exact) mass is 208 g/mol. The van der Waals surface area contributed by atoms with Crippen LogP contribution >= 0.6 is 0 Å². The summed E-state index contributed by atoms with van der Waals surface area (Å²) in [6.45, 7) is 4.07. The highest BCUT2D eigenvalue weighted by Crippen LogP contribution is 1.99. The van der Waals surface area contributed by atoms with Crippen LogP contribution in [0, 0.1) is 0 Å². The van der Waals surface area contributed by atoms with Crippen LogP contribution in [-0.4, -0.2) is 18.5 Å². The highest BCUT2D eigenvalue weighted by atomic mass is 16.3. The van der Waals surface area contributed by atoms with Crippen LogP contribution < -0.4 is 11.1 Å². The molecule has 0 aliphatic heterocycles. The molecule has 15 heavy (non-hydrogen) atoms. The van der Waals surface area contributed by atoms with E-state index < -0.39 is 6.04 Å². The average Bonchev–Trinajstić information content (AvgIpc) is 2.71. The van der Waals surface area contributed by atoms with E-state index in [1.807, 2.05) is 12.1 Å². The molecule has 1 rings (SSSR count). The topological polar surface area (TPSA) is 68.3 Å². The Kier molecular flexibility index (Phi) is 4.63. The molecule has 0 saturated heterocycles. The fraction of sp³-hybridized carbons (Fsp3) is 0.364. The Hall–Kier alpha value is -1.55. The van der Waals surface area contributed by atoms with Gasteiger partial charge in [0.15, 0.2) is 0 Å². The molecule has 0 fully saturated rings. The minimum absolute atomic E-state index is 0.151. The van der Waals surface area contributed by atoms with Gasteiger partial charge in [-0.2, -0.15) is 0 Å². The summed E-state index contributed by atoms with van der Waals surface area (Å²) >= 11 is 0. The van der Waals surface area contributed by atoms with Crippen molar-refractivity contribution < 1.29 is 9.21 Å². The minimum Gasteiger partial charge on any atom is -0.469 e. The number of nitrogens with one attached hydrogen (secondary N) is 1. The molecular formula is C11H16N2O2. The molecule has 0 aliphatic rings. The zero-order chi connectivity index (χ0) is 11.1. The van der Waals surface area contributed by atoms with Gasteiger partial charge >= 0.3 is 0 Å². The summed E-state index contributed by atoms with van der Waals surface area (Å²) in [5, 5.41) is 2.73. The predicted molar refractivity (Wildman–Crippen MR) is 58.2 cm³/mol. The molecule has 3 N–H and O–H groups in total. The number of furan rings is 1. The maximum Gasteiger partial charge on any atom is 0.237 e. The van der Waals surface area contributed by atoms with Crippen LogP contribution in [0.1, 0.15) is 12.2 Å². The van der Waals surface area contributed by atoms with E-state index in [-0.39, 0.29) is 5.91 Å². The third-order valence-corrected chi connectivity index (χ3v) is 2.01. The lowest BCUT2D eigenvalue weighted by Crippen LogP contribution is -2.40. The van der Waals surface area contributed by atoms with E-state index in [1.165, 1.54) is 0 Å². The second-order valence-corrected chi connectivity index (χ2v) is 3.25. The number of hydrogen-bond donors (Lipinski definition) is 2. The van der Waals surface area contributed by atoms with Crippen LogP contribution in [0.4, 0.5) is 0 Å². The first-order chi connectivity index (χ1) is 7.24. The van der Waals surface area contributed by atoms with Gasteiger partial charge in [0.2, 0.25) is 5.91 Å². The molecule has 0 aliphatic carbocycles. The van der Waals surface area contributed by atoms with Gasteiger partial charge < -0.3 is 15.5 Å². The molecule has 0 aromatic carbocycles. The first kappa shape index (κ1) is 11.5. The van der Waals surface area contributed by atoms with Crippen molar-refractivity contribution in [3.63, 3.8) is 0 Å². The number of carbonyl (C=O) groups is 1. The van der Waals surface area contributed by atoms with Gasteiger partial charge in [-0.05, 0) is 18.6 Å². The highest BCUT2D eigenvalue weighted by Gasteiger charge is 2.10. The molecule has 1 unspecified atom stereocenters. The second kappa shape index (κ2) is 6.03. The van der Waals surface area contributed by atoms with E-state index in [1.54, 1.807) is 12.3 Å². The van der Waals surface area contributed by atoms with Gasteiger partial charge in [0.1, 0.15) is 5.76 Å². The number of rotatable bonds is 6. The Morgan fingerprint density at radius 2 is 2.53 bits per heavy atom. The molecule has 1 heterocycles. The number of carbonyl (C=O) groups excluding carboxylic acids is 1. The molecule has 0 radical (unpaired) electrons. The van der Waals surface area contributed by atoms with Crippen LogP contribution in [0.25, 0.3) is 0 Å². The van der Waals surface area contributed by atoms with Crippen molar-refractivity contribution in [2.24, 2.45) is 5.73 Å². The van der Waals surface area contributed by atoms with E-state index in [9.17, 15) is 4.79 Å². The molecule has 0 saturated carbocycles. The van der Waals surface area contributed by atoms with E-state index in [4.69, 9.17) is 10.2 Å². The normalized spacial score (nSPS) is 12.1. The molecule has 0 spiro atoms. The van der Waals surface area contributed by atoms with Gasteiger partial charge in [-0.25, -0.2) is 0 Å². The molecule has 82 valence electrons. The Morgan fingerprint density at radius 3 is 3.13 bits per heavy atom. The maximum atomic E-state index is 11.3. The Labute approximate surface area is 89.1 Å². The first-order valence-electron chi connectivity index (χ1n) is 4.90. The molecule has 1 atom stereocenters. The third-order valence-electron chi connectivity index (χ3n) is 2.01. The van der Waals surface area contributed by atoms with Crippen molar-refractivity contribution in [1.82, 2.24) is 5.32 Å². The predicted octanol–water partition coefficient (Wildman–Crippen LogP) is 0.842. The van der Waals surface area contributed by atoms with Crippen LogP contribution in [0.2, 0.25) is 0 Å². The van der Waals surface area contributed by atoms with Crippen LogP contribution in [-0.2, 0) is 11.2 Å². The first-order valence-corrected chi connectivity index (χ1v) is 4.90. The van der Waals surface area contributed by atoms with Crippen LogP contribution in [0.15, 0.2) is 35.5 Å². The molecule has 4 nitrogen and oxygen atoms in total. The summed E-state index contributed by atoms with van der Waals surface area (Å²) in [6.07, 6.45) is 4.42. The summed E-state index contributed by atoms with van der Waals surface area (Å²) in [5.74, 6) is 0.703. The highest BCUT2D eigenvalue weighted by molar-refractivity contribution is 5.81. The van der Waals surface area contributed by atoms with Gasteiger partial charge in [0.25, 0.3) is 0 Å². The van der Waals surface area contributed by atoms with E-state index in [0.717, 1.165) is 5.76 Å². The lowest BCUT2D eigenvalue weighted by atomic mass is 10.2. The van der Waals surface area contributed by atoms with Gasteiger partial charge in [-0.15, -0.1) is 6.58 Å². The van der Waals surface area contributed by atoms with Crippen molar-refractivity contribution in [2.45, 2.75) is 18.9 Å². The van der Waals surface area contributed by atoms with Gasteiger partial charge in [0, 0.05) is 13.0 Å². The number of hydrogen-bond acceptors (Lipinski definition) is 3. The van der Waals surface area contributed by atoms with Crippen LogP contribution in [0.5, 0.6) is 0 Å². The summed E-state index contributed by atoms with van der Waals surface area (Å²) in [5.41, 5.74) is 5.58. The fourth-order valence-electron chi connectivity index (χ4n) is 1.18. The second-order valence-electron chi connectivity index (χ2n) is 3.25. The summed E-state index contributed by atoms with van der Waals surface area (Å²) in [7, 11) is 0. The Balaban J connectivity index is 2.19.